The fourth-order valence-corrected chi connectivity index (χ4v) is 5.15. The van der Waals surface area contributed by atoms with Gasteiger partial charge < -0.3 is 26.6 Å². The molecule has 0 aliphatic heterocycles. The molecule has 12 heteroatoms. The predicted molar refractivity (Wildman–Crippen MR) is 148 cm³/mol. The van der Waals surface area contributed by atoms with E-state index in [0.717, 1.165) is 17.2 Å². The predicted octanol–water partition coefficient (Wildman–Crippen LogP) is 3.25. The van der Waals surface area contributed by atoms with Crippen molar-refractivity contribution in [2.24, 2.45) is 0 Å². The Labute approximate surface area is 257 Å². The van der Waals surface area contributed by atoms with Crippen LogP contribution < -0.4 is 26.3 Å². The molecule has 0 saturated carbocycles. The molecular weight excluding hydrogens is 666 g/mol. The van der Waals surface area contributed by atoms with Crippen LogP contribution in [0.1, 0.15) is 16.7 Å². The van der Waals surface area contributed by atoms with Crippen molar-refractivity contribution in [3.8, 4) is 5.75 Å². The topological polar surface area (TPSA) is 67.6 Å². The summed E-state index contributed by atoms with van der Waals surface area (Å²) >= 11 is 17.9. The summed E-state index contributed by atoms with van der Waals surface area (Å²) in [5.74, 6) is 0.153. The molecule has 0 spiro atoms. The van der Waals surface area contributed by atoms with Crippen molar-refractivity contribution >= 4 is 50.9 Å². The van der Waals surface area contributed by atoms with E-state index >= 15 is 0 Å². The van der Waals surface area contributed by atoms with Gasteiger partial charge in [0.15, 0.2) is 25.5 Å². The number of ether oxygens (including phenoxy) is 1. The molecule has 0 aliphatic carbocycles. The summed E-state index contributed by atoms with van der Waals surface area (Å²) in [5, 5.41) is 0.821. The minimum absolute atomic E-state index is 0. The number of aromatic nitrogens is 1. The maximum Gasteiger partial charge on any atom is 0.332 e. The Kier molecular flexibility index (Phi) is 11.4. The summed E-state index contributed by atoms with van der Waals surface area (Å²) in [6.07, 6.45) is 3.50. The first-order chi connectivity index (χ1) is 18.6. The first-order valence-corrected chi connectivity index (χ1v) is 14.2. The molecule has 3 aromatic carbocycles. The molecule has 0 atom stereocenters. The van der Waals surface area contributed by atoms with Crippen LogP contribution in [0.3, 0.4) is 0 Å². The van der Waals surface area contributed by atoms with Gasteiger partial charge in [-0.15, -0.1) is 3.89 Å². The van der Waals surface area contributed by atoms with Gasteiger partial charge in [-0.25, -0.2) is 4.57 Å². The lowest BCUT2D eigenvalue weighted by atomic mass is 10.2. The first kappa shape index (κ1) is 31.8. The Morgan fingerprint density at radius 1 is 0.875 bits per heavy atom. The highest BCUT2D eigenvalue weighted by atomic mass is 79.9. The average molecular weight is 689 g/mol. The van der Waals surface area contributed by atoms with Crippen LogP contribution in [0.15, 0.2) is 96.2 Å². The molecule has 0 N–H and O–H groups in total. The van der Waals surface area contributed by atoms with Crippen LogP contribution in [0.5, 0.6) is 5.75 Å². The molecule has 6 nitrogen and oxygen atoms in total. The molecule has 0 bridgehead atoms. The zero-order valence-electron chi connectivity index (χ0n) is 20.8. The van der Waals surface area contributed by atoms with E-state index in [1.54, 1.807) is 46.1 Å². The molecule has 0 unspecified atom stereocenters. The Morgan fingerprint density at radius 3 is 2.27 bits per heavy atom. The second-order valence-electron chi connectivity index (χ2n) is 8.67. The van der Waals surface area contributed by atoms with Crippen molar-refractivity contribution in [3.63, 3.8) is 0 Å². The van der Waals surface area contributed by atoms with Crippen LogP contribution in [-0.2, 0) is 34.7 Å². The number of benzene rings is 3. The van der Waals surface area contributed by atoms with Gasteiger partial charge in [-0.3, -0.25) is 4.79 Å². The molecule has 4 aromatic rings. The number of amides is 1. The monoisotopic (exact) mass is 686 g/mol. The molecule has 0 saturated heterocycles. The molecule has 40 heavy (non-hydrogen) atoms. The number of carbonyl (C=O) groups is 1. The van der Waals surface area contributed by atoms with E-state index in [0.29, 0.717) is 22.3 Å². The highest BCUT2D eigenvalue weighted by molar-refractivity contribution is 7.86. The molecule has 0 fully saturated rings. The van der Waals surface area contributed by atoms with Crippen LogP contribution in [0.25, 0.3) is 0 Å². The van der Waals surface area contributed by atoms with Crippen LogP contribution in [-0.4, -0.2) is 25.8 Å². The average Bonchev–Trinajstić information content (AvgIpc) is 2.90. The van der Waals surface area contributed by atoms with Crippen molar-refractivity contribution in [3.05, 3.63) is 123 Å². The largest absolute Gasteiger partial charge is 1.00 e. The minimum Gasteiger partial charge on any atom is -1.00 e. The highest BCUT2D eigenvalue weighted by Crippen LogP contribution is 2.26. The normalized spacial score (nSPS) is 11.0. The van der Waals surface area contributed by atoms with E-state index < -0.39 is 15.1 Å². The standard InChI is InChI=1S/C28H23Cl3FN2O4S.BrH/c29-23-9-8-22(27(13-23)39(32,36)37)18-33-12-4-7-21(15-33)17-34(16-20-5-2-1-3-6-20)28(35)19-38-24-10-11-25(30)26(31)14-24;/h1-15H,16-19H2;1H/q+1;/p-1. The van der Waals surface area contributed by atoms with Crippen LogP contribution >= 0.6 is 34.8 Å². The molecule has 4 rings (SSSR count). The summed E-state index contributed by atoms with van der Waals surface area (Å²) in [6.45, 7) is 0.436. The zero-order valence-corrected chi connectivity index (χ0v) is 25.5. The van der Waals surface area contributed by atoms with Gasteiger partial charge >= 0.3 is 10.2 Å². The van der Waals surface area contributed by atoms with E-state index in [9.17, 15) is 17.1 Å². The quantitative estimate of drug-likeness (QED) is 0.190. The lowest BCUT2D eigenvalue weighted by Crippen LogP contribution is -3.00. The third-order valence-corrected chi connectivity index (χ3v) is 7.64. The maximum atomic E-state index is 13.9. The van der Waals surface area contributed by atoms with Crippen molar-refractivity contribution in [2.45, 2.75) is 24.5 Å². The zero-order chi connectivity index (χ0) is 28.0. The lowest BCUT2D eigenvalue weighted by molar-refractivity contribution is -0.689. The summed E-state index contributed by atoms with van der Waals surface area (Å²) < 4.78 is 44.6. The smallest absolute Gasteiger partial charge is 0.332 e. The van der Waals surface area contributed by atoms with E-state index in [1.165, 1.54) is 12.1 Å². The number of hydrogen-bond acceptors (Lipinski definition) is 4. The van der Waals surface area contributed by atoms with Crippen molar-refractivity contribution in [2.75, 3.05) is 6.61 Å². The molecule has 0 radical (unpaired) electrons. The fourth-order valence-electron chi connectivity index (χ4n) is 3.91. The van der Waals surface area contributed by atoms with E-state index in [2.05, 4.69) is 0 Å². The maximum absolute atomic E-state index is 13.9. The van der Waals surface area contributed by atoms with Crippen molar-refractivity contribution in [1.29, 1.82) is 0 Å². The van der Waals surface area contributed by atoms with Crippen LogP contribution in [0.2, 0.25) is 15.1 Å². The summed E-state index contributed by atoms with van der Waals surface area (Å²) in [6, 6.07) is 22.0. The molecular formula is C28H23BrCl3FN2O4S. The van der Waals surface area contributed by atoms with Gasteiger partial charge in [0.2, 0.25) is 0 Å². The van der Waals surface area contributed by atoms with E-state index in [1.807, 2.05) is 36.4 Å². The van der Waals surface area contributed by atoms with Gasteiger partial charge in [-0.05, 0) is 42.0 Å². The fraction of sp³-hybridized carbons (Fsp3) is 0.143. The van der Waals surface area contributed by atoms with Gasteiger partial charge in [-0.2, -0.15) is 8.42 Å². The first-order valence-electron chi connectivity index (χ1n) is 11.7. The number of nitrogens with zero attached hydrogens (tertiary/aromatic N) is 2. The molecule has 1 aromatic heterocycles. The lowest BCUT2D eigenvalue weighted by Gasteiger charge is -2.23. The van der Waals surface area contributed by atoms with Crippen LogP contribution in [0, 0.1) is 0 Å². The minimum atomic E-state index is -4.97. The SMILES string of the molecule is O=C(COc1ccc(Cl)c(Cl)c1)N(Cc1ccccc1)Cc1ccc[n+](Cc2ccc(Cl)cc2S(=O)(=O)F)c1.[Br-]. The third kappa shape index (κ3) is 8.91. The Balaban J connectivity index is 0.00000441. The molecule has 210 valence electrons. The number of pyridine rings is 1. The molecule has 1 heterocycles. The second-order valence-corrected chi connectivity index (χ2v) is 11.2. The number of carbonyl (C=O) groups excluding carboxylic acids is 1. The van der Waals surface area contributed by atoms with Gasteiger partial charge in [0, 0.05) is 34.8 Å². The van der Waals surface area contributed by atoms with Gasteiger partial charge in [-0.1, -0.05) is 65.1 Å². The van der Waals surface area contributed by atoms with Crippen molar-refractivity contribution in [1.82, 2.24) is 4.90 Å². The van der Waals surface area contributed by atoms with Gasteiger partial charge in [0.1, 0.15) is 10.6 Å². The number of rotatable bonds is 10. The molecule has 1 amide bonds. The van der Waals surface area contributed by atoms with Gasteiger partial charge in [0.05, 0.1) is 16.6 Å². The van der Waals surface area contributed by atoms with Crippen molar-refractivity contribution < 1.29 is 43.4 Å². The number of halogens is 5. The number of hydrogen-bond donors (Lipinski definition) is 0. The Morgan fingerprint density at radius 2 is 1.57 bits per heavy atom. The third-order valence-electron chi connectivity index (χ3n) is 5.76. The Bertz CT molecular complexity index is 1590. The Hall–Kier alpha value is -2.69. The second kappa shape index (κ2) is 14.3. The summed E-state index contributed by atoms with van der Waals surface area (Å²) in [7, 11) is -4.97. The van der Waals surface area contributed by atoms with Crippen LogP contribution in [0.4, 0.5) is 3.89 Å². The molecule has 0 aliphatic rings. The van der Waals surface area contributed by atoms with E-state index in [-0.39, 0.29) is 53.2 Å². The summed E-state index contributed by atoms with van der Waals surface area (Å²) in [4.78, 5) is 14.4. The van der Waals surface area contributed by atoms with Gasteiger partial charge in [0.25, 0.3) is 5.91 Å². The van der Waals surface area contributed by atoms with E-state index in [4.69, 9.17) is 39.5 Å². The highest BCUT2D eigenvalue weighted by Gasteiger charge is 2.21. The summed E-state index contributed by atoms with van der Waals surface area (Å²) in [5.41, 5.74) is 1.95.